The third-order valence-electron chi connectivity index (χ3n) is 4.71. The first-order valence-electron chi connectivity index (χ1n) is 9.27. The van der Waals surface area contributed by atoms with Gasteiger partial charge < -0.3 is 15.4 Å². The van der Waals surface area contributed by atoms with Crippen molar-refractivity contribution in [1.29, 1.82) is 0 Å². The summed E-state index contributed by atoms with van der Waals surface area (Å²) in [4.78, 5) is 6.80. The van der Waals surface area contributed by atoms with Crippen LogP contribution in [0.25, 0.3) is 0 Å². The van der Waals surface area contributed by atoms with E-state index in [9.17, 15) is 0 Å². The van der Waals surface area contributed by atoms with Crippen LogP contribution in [0.3, 0.4) is 0 Å². The van der Waals surface area contributed by atoms with Crippen LogP contribution in [0.2, 0.25) is 0 Å². The van der Waals surface area contributed by atoms with E-state index in [0.29, 0.717) is 0 Å². The lowest BCUT2D eigenvalue weighted by Gasteiger charge is -2.26. The predicted octanol–water partition coefficient (Wildman–Crippen LogP) is 2.08. The largest absolute Gasteiger partial charge is 0.379 e. The lowest BCUT2D eigenvalue weighted by molar-refractivity contribution is 0.0342. The summed E-state index contributed by atoms with van der Waals surface area (Å²) in [7, 11) is 1.84. The van der Waals surface area contributed by atoms with Gasteiger partial charge in [0.15, 0.2) is 5.96 Å². The number of nitrogens with zero attached hydrogens (tertiary/aromatic N) is 2. The molecule has 0 aromatic heterocycles. The molecule has 1 atom stereocenters. The molecule has 2 saturated heterocycles. The molecule has 25 heavy (non-hydrogen) atoms. The minimum atomic E-state index is 0.732. The molecule has 1 unspecified atom stereocenters. The van der Waals surface area contributed by atoms with Crippen LogP contribution < -0.4 is 10.6 Å². The average molecular weight is 363 g/mol. The molecule has 0 saturated carbocycles. The van der Waals surface area contributed by atoms with Gasteiger partial charge in [-0.3, -0.25) is 9.89 Å². The van der Waals surface area contributed by atoms with Crippen molar-refractivity contribution in [3.63, 3.8) is 0 Å². The molecule has 1 aromatic carbocycles. The molecule has 1 aromatic rings. The van der Waals surface area contributed by atoms with Crippen LogP contribution in [-0.4, -0.2) is 61.8 Å². The quantitative estimate of drug-likeness (QED) is 0.599. The number of hydrogen-bond donors (Lipinski definition) is 2. The molecule has 2 aliphatic heterocycles. The van der Waals surface area contributed by atoms with E-state index in [-0.39, 0.29) is 0 Å². The van der Waals surface area contributed by atoms with Crippen molar-refractivity contribution in [3.8, 4) is 0 Å². The molecule has 138 valence electrons. The number of rotatable bonds is 6. The zero-order valence-corrected chi connectivity index (χ0v) is 16.0. The number of benzene rings is 1. The summed E-state index contributed by atoms with van der Waals surface area (Å²) in [6.07, 6.45) is 2.66. The zero-order valence-electron chi connectivity index (χ0n) is 15.2. The second-order valence-electron chi connectivity index (χ2n) is 6.65. The van der Waals surface area contributed by atoms with Gasteiger partial charge in [0.2, 0.25) is 0 Å². The van der Waals surface area contributed by atoms with E-state index in [2.05, 4.69) is 56.6 Å². The van der Waals surface area contributed by atoms with E-state index in [4.69, 9.17) is 4.74 Å². The summed E-state index contributed by atoms with van der Waals surface area (Å²) >= 11 is 2.07. The molecule has 0 spiro atoms. The first-order chi connectivity index (χ1) is 12.3. The van der Waals surface area contributed by atoms with Gasteiger partial charge in [0.25, 0.3) is 0 Å². The van der Waals surface area contributed by atoms with E-state index < -0.39 is 0 Å². The molecule has 0 radical (unpaired) electrons. The number of morpholine rings is 1. The number of hydrogen-bond acceptors (Lipinski definition) is 4. The van der Waals surface area contributed by atoms with E-state index in [1.54, 1.807) is 0 Å². The SMILES string of the molecule is CN=C(NCc1cccc(CN2CCOCC2)c1)NCC1CCCS1. The molecule has 0 amide bonds. The standard InChI is InChI=1S/C19H30N4OS/c1-20-19(22-14-18-6-3-11-25-18)21-13-16-4-2-5-17(12-16)15-23-7-9-24-10-8-23/h2,4-5,12,18H,3,6-11,13-15H2,1H3,(H2,20,21,22). The monoisotopic (exact) mass is 362 g/mol. The van der Waals surface area contributed by atoms with Crippen LogP contribution in [0.4, 0.5) is 0 Å². The van der Waals surface area contributed by atoms with Crippen molar-refractivity contribution in [2.45, 2.75) is 31.2 Å². The minimum Gasteiger partial charge on any atom is -0.379 e. The number of guanidine groups is 1. The van der Waals surface area contributed by atoms with Crippen molar-refractivity contribution in [1.82, 2.24) is 15.5 Å². The van der Waals surface area contributed by atoms with Gasteiger partial charge in [0.1, 0.15) is 0 Å². The van der Waals surface area contributed by atoms with Gasteiger partial charge >= 0.3 is 0 Å². The lowest BCUT2D eigenvalue weighted by Crippen LogP contribution is -2.39. The van der Waals surface area contributed by atoms with Gasteiger partial charge in [-0.05, 0) is 29.7 Å². The molecule has 2 aliphatic rings. The van der Waals surface area contributed by atoms with Gasteiger partial charge in [-0.15, -0.1) is 0 Å². The first-order valence-corrected chi connectivity index (χ1v) is 10.3. The fourth-order valence-electron chi connectivity index (χ4n) is 3.28. The van der Waals surface area contributed by atoms with Gasteiger partial charge in [-0.1, -0.05) is 24.3 Å². The topological polar surface area (TPSA) is 48.9 Å². The Morgan fingerprint density at radius 3 is 2.88 bits per heavy atom. The van der Waals surface area contributed by atoms with Gasteiger partial charge in [0, 0.05) is 45.0 Å². The fraction of sp³-hybridized carbons (Fsp3) is 0.632. The third-order valence-corrected chi connectivity index (χ3v) is 6.10. The van der Waals surface area contributed by atoms with Gasteiger partial charge in [-0.25, -0.2) is 0 Å². The highest BCUT2D eigenvalue weighted by atomic mass is 32.2. The molecule has 0 aliphatic carbocycles. The molecular formula is C19H30N4OS. The maximum absolute atomic E-state index is 5.42. The summed E-state index contributed by atoms with van der Waals surface area (Å²) in [6, 6.07) is 8.83. The number of nitrogens with one attached hydrogen (secondary N) is 2. The number of ether oxygens (including phenoxy) is 1. The summed E-state index contributed by atoms with van der Waals surface area (Å²) in [5.74, 6) is 2.19. The molecule has 2 heterocycles. The smallest absolute Gasteiger partial charge is 0.191 e. The van der Waals surface area contributed by atoms with E-state index in [0.717, 1.165) is 57.1 Å². The van der Waals surface area contributed by atoms with Crippen molar-refractivity contribution >= 4 is 17.7 Å². The average Bonchev–Trinajstić information content (AvgIpc) is 3.17. The Morgan fingerprint density at radius 2 is 2.12 bits per heavy atom. The third kappa shape index (κ3) is 6.20. The molecule has 5 nitrogen and oxygen atoms in total. The fourth-order valence-corrected chi connectivity index (χ4v) is 4.48. The van der Waals surface area contributed by atoms with Crippen molar-refractivity contribution in [2.24, 2.45) is 4.99 Å². The van der Waals surface area contributed by atoms with Crippen molar-refractivity contribution in [2.75, 3.05) is 45.6 Å². The molecule has 2 N–H and O–H groups in total. The van der Waals surface area contributed by atoms with Crippen LogP contribution in [0.5, 0.6) is 0 Å². The van der Waals surface area contributed by atoms with Crippen LogP contribution in [0, 0.1) is 0 Å². The van der Waals surface area contributed by atoms with Crippen LogP contribution >= 0.6 is 11.8 Å². The second kappa shape index (κ2) is 10.0. The Morgan fingerprint density at radius 1 is 1.28 bits per heavy atom. The molecule has 3 rings (SSSR count). The summed E-state index contributed by atoms with van der Waals surface area (Å²) < 4.78 is 5.42. The van der Waals surface area contributed by atoms with E-state index in [1.807, 2.05) is 7.05 Å². The van der Waals surface area contributed by atoms with Crippen LogP contribution in [-0.2, 0) is 17.8 Å². The van der Waals surface area contributed by atoms with Gasteiger partial charge in [-0.2, -0.15) is 11.8 Å². The Hall–Kier alpha value is -1.24. The van der Waals surface area contributed by atoms with E-state index >= 15 is 0 Å². The van der Waals surface area contributed by atoms with E-state index in [1.165, 1.54) is 29.7 Å². The second-order valence-corrected chi connectivity index (χ2v) is 8.06. The Kier molecular flexibility index (Phi) is 7.45. The summed E-state index contributed by atoms with van der Waals surface area (Å²) in [6.45, 7) is 6.56. The van der Waals surface area contributed by atoms with Crippen molar-refractivity contribution < 1.29 is 4.74 Å². The van der Waals surface area contributed by atoms with Crippen molar-refractivity contribution in [3.05, 3.63) is 35.4 Å². The molecular weight excluding hydrogens is 332 g/mol. The summed E-state index contributed by atoms with van der Waals surface area (Å²) in [5.41, 5.74) is 2.66. The lowest BCUT2D eigenvalue weighted by atomic mass is 10.1. The molecule has 2 fully saturated rings. The first kappa shape index (κ1) is 18.5. The zero-order chi connectivity index (χ0) is 17.3. The maximum Gasteiger partial charge on any atom is 0.191 e. The maximum atomic E-state index is 5.42. The van der Waals surface area contributed by atoms with Gasteiger partial charge in [0.05, 0.1) is 13.2 Å². The highest BCUT2D eigenvalue weighted by molar-refractivity contribution is 8.00. The highest BCUT2D eigenvalue weighted by Crippen LogP contribution is 2.25. The summed E-state index contributed by atoms with van der Waals surface area (Å²) in [5, 5.41) is 7.63. The minimum absolute atomic E-state index is 0.732. The molecule has 6 heteroatoms. The molecule has 0 bridgehead atoms. The highest BCUT2D eigenvalue weighted by Gasteiger charge is 2.15. The van der Waals surface area contributed by atoms with Crippen LogP contribution in [0.15, 0.2) is 29.3 Å². The van der Waals surface area contributed by atoms with Crippen LogP contribution in [0.1, 0.15) is 24.0 Å². The normalized spacial score (nSPS) is 22.1. The number of aliphatic imine (C=N–C) groups is 1. The Labute approximate surface area is 155 Å². The Balaban J connectivity index is 1.45. The number of thioether (sulfide) groups is 1. The predicted molar refractivity (Wildman–Crippen MR) is 106 cm³/mol. The Bertz CT molecular complexity index is 554.